The highest BCUT2D eigenvalue weighted by molar-refractivity contribution is 7.17. The van der Waals surface area contributed by atoms with Gasteiger partial charge < -0.3 is 4.74 Å². The zero-order valence-electron chi connectivity index (χ0n) is 9.41. The summed E-state index contributed by atoms with van der Waals surface area (Å²) in [4.78, 5) is 11.2. The van der Waals surface area contributed by atoms with E-state index in [9.17, 15) is 9.36 Å². The minimum absolute atomic E-state index is 0.315. The summed E-state index contributed by atoms with van der Waals surface area (Å²) in [5, 5.41) is 0. The van der Waals surface area contributed by atoms with Crippen LogP contribution in [0.2, 0.25) is 0 Å². The molecule has 0 bridgehead atoms. The highest BCUT2D eigenvalue weighted by atomic mass is 31.1. The minimum atomic E-state index is -0.542. The molecule has 0 spiro atoms. The molecule has 0 radical (unpaired) electrons. The van der Waals surface area contributed by atoms with Gasteiger partial charge in [-0.25, -0.2) is 9.36 Å². The van der Waals surface area contributed by atoms with Gasteiger partial charge in [0, 0.05) is 5.57 Å². The standard InChI is InChI=1S/C10H17O4P/c1-8(2)9(11)14-10(3,4)6-5-7-13-15-12/h1,5-7H2,2-4H3. The Morgan fingerprint density at radius 2 is 2.07 bits per heavy atom. The number of ether oxygens (including phenoxy) is 1. The lowest BCUT2D eigenvalue weighted by Crippen LogP contribution is -2.28. The van der Waals surface area contributed by atoms with E-state index in [1.807, 2.05) is 13.8 Å². The van der Waals surface area contributed by atoms with Crippen molar-refractivity contribution in [3.8, 4) is 0 Å². The Labute approximate surface area is 91.9 Å². The highest BCUT2D eigenvalue weighted by Gasteiger charge is 2.22. The second-order valence-corrected chi connectivity index (χ2v) is 4.35. The fourth-order valence-electron chi connectivity index (χ4n) is 0.989. The fraction of sp³-hybridized carbons (Fsp3) is 0.700. The first-order valence-corrected chi connectivity index (χ1v) is 5.45. The average Bonchev–Trinajstić information content (AvgIpc) is 2.11. The van der Waals surface area contributed by atoms with E-state index in [-0.39, 0.29) is 14.7 Å². The molecular formula is C10H17O4P. The van der Waals surface area contributed by atoms with E-state index in [1.54, 1.807) is 6.92 Å². The van der Waals surface area contributed by atoms with Gasteiger partial charge in [-0.1, -0.05) is 6.58 Å². The molecule has 0 rings (SSSR count). The SMILES string of the molecule is C=C(C)C(=O)OC(C)(C)CCCOP=O. The lowest BCUT2D eigenvalue weighted by Gasteiger charge is -2.24. The summed E-state index contributed by atoms with van der Waals surface area (Å²) in [7, 11) is -0.315. The van der Waals surface area contributed by atoms with E-state index < -0.39 is 5.60 Å². The van der Waals surface area contributed by atoms with E-state index >= 15 is 0 Å². The van der Waals surface area contributed by atoms with Crippen LogP contribution < -0.4 is 0 Å². The zero-order valence-corrected chi connectivity index (χ0v) is 10.3. The van der Waals surface area contributed by atoms with Gasteiger partial charge in [0.1, 0.15) is 5.60 Å². The first-order chi connectivity index (χ1) is 6.89. The van der Waals surface area contributed by atoms with E-state index in [0.29, 0.717) is 25.0 Å². The topological polar surface area (TPSA) is 52.6 Å². The quantitative estimate of drug-likeness (QED) is 0.293. The van der Waals surface area contributed by atoms with E-state index in [4.69, 9.17) is 4.74 Å². The average molecular weight is 232 g/mol. The van der Waals surface area contributed by atoms with Crippen LogP contribution in [0.25, 0.3) is 0 Å². The largest absolute Gasteiger partial charge is 0.456 e. The van der Waals surface area contributed by atoms with E-state index in [1.165, 1.54) is 0 Å². The molecule has 0 aromatic heterocycles. The lowest BCUT2D eigenvalue weighted by atomic mass is 10.0. The Balaban J connectivity index is 3.90. The third-order valence-electron chi connectivity index (χ3n) is 1.78. The van der Waals surface area contributed by atoms with Crippen LogP contribution in [0.4, 0.5) is 0 Å². The number of hydrogen-bond donors (Lipinski definition) is 0. The number of hydrogen-bond acceptors (Lipinski definition) is 4. The Morgan fingerprint density at radius 1 is 1.47 bits per heavy atom. The monoisotopic (exact) mass is 232 g/mol. The summed E-state index contributed by atoms with van der Waals surface area (Å²) < 4.78 is 19.8. The summed E-state index contributed by atoms with van der Waals surface area (Å²) in [5.41, 5.74) is -0.156. The first-order valence-electron chi connectivity index (χ1n) is 4.72. The molecule has 0 atom stereocenters. The molecule has 0 saturated carbocycles. The number of esters is 1. The van der Waals surface area contributed by atoms with Crippen molar-refractivity contribution in [3.63, 3.8) is 0 Å². The first kappa shape index (κ1) is 14.3. The minimum Gasteiger partial charge on any atom is -0.456 e. The molecule has 86 valence electrons. The van der Waals surface area contributed by atoms with Crippen molar-refractivity contribution in [1.29, 1.82) is 0 Å². The Kier molecular flexibility index (Phi) is 6.37. The molecule has 0 aliphatic heterocycles. The van der Waals surface area contributed by atoms with Crippen LogP contribution in [0.1, 0.15) is 33.6 Å². The molecule has 0 aromatic rings. The van der Waals surface area contributed by atoms with Crippen molar-refractivity contribution in [1.82, 2.24) is 0 Å². The molecule has 0 amide bonds. The lowest BCUT2D eigenvalue weighted by molar-refractivity contribution is -0.152. The molecule has 0 aliphatic carbocycles. The maximum absolute atomic E-state index is 11.2. The highest BCUT2D eigenvalue weighted by Crippen LogP contribution is 2.18. The van der Waals surface area contributed by atoms with Crippen LogP contribution in [-0.2, 0) is 18.6 Å². The Bertz CT molecular complexity index is 248. The van der Waals surface area contributed by atoms with Crippen molar-refractivity contribution < 1.29 is 18.6 Å². The van der Waals surface area contributed by atoms with Crippen molar-refractivity contribution >= 4 is 14.7 Å². The van der Waals surface area contributed by atoms with E-state index in [0.717, 1.165) is 0 Å². The smallest absolute Gasteiger partial charge is 0.333 e. The molecule has 5 heteroatoms. The predicted octanol–water partition coefficient (Wildman–Crippen LogP) is 2.89. The molecule has 0 fully saturated rings. The molecule has 0 aromatic carbocycles. The maximum Gasteiger partial charge on any atom is 0.333 e. The fourth-order valence-corrected chi connectivity index (χ4v) is 1.19. The van der Waals surface area contributed by atoms with Gasteiger partial charge in [0.15, 0.2) is 0 Å². The van der Waals surface area contributed by atoms with Gasteiger partial charge in [0.05, 0.1) is 6.61 Å². The molecule has 0 aliphatic rings. The Hall–Kier alpha value is -0.730. The molecular weight excluding hydrogens is 215 g/mol. The Morgan fingerprint density at radius 3 is 2.53 bits per heavy atom. The summed E-state index contributed by atoms with van der Waals surface area (Å²) in [6, 6.07) is 0. The summed E-state index contributed by atoms with van der Waals surface area (Å²) >= 11 is 0. The van der Waals surface area contributed by atoms with Gasteiger partial charge in [-0.05, 0) is 33.6 Å². The molecule has 0 heterocycles. The summed E-state index contributed by atoms with van der Waals surface area (Å²) in [6.07, 6.45) is 1.34. The molecule has 4 nitrogen and oxygen atoms in total. The normalized spacial score (nSPS) is 11.4. The zero-order chi connectivity index (χ0) is 11.9. The number of carbonyl (C=O) groups excluding carboxylic acids is 1. The van der Waals surface area contributed by atoms with Crippen molar-refractivity contribution in [2.45, 2.75) is 39.2 Å². The van der Waals surface area contributed by atoms with Gasteiger partial charge in [0.25, 0.3) is 0 Å². The van der Waals surface area contributed by atoms with Gasteiger partial charge in [0.2, 0.25) is 0 Å². The summed E-state index contributed by atoms with van der Waals surface area (Å²) in [6.45, 7) is 9.15. The van der Waals surface area contributed by atoms with Gasteiger partial charge in [-0.2, -0.15) is 0 Å². The van der Waals surface area contributed by atoms with Crippen LogP contribution in [0.5, 0.6) is 0 Å². The number of rotatable bonds is 7. The second-order valence-electron chi connectivity index (χ2n) is 3.94. The summed E-state index contributed by atoms with van der Waals surface area (Å²) in [5.74, 6) is -0.386. The van der Waals surface area contributed by atoms with Crippen molar-refractivity contribution in [2.24, 2.45) is 0 Å². The predicted molar refractivity (Wildman–Crippen MR) is 57.8 cm³/mol. The van der Waals surface area contributed by atoms with Crippen LogP contribution in [0, 0.1) is 0 Å². The van der Waals surface area contributed by atoms with E-state index in [2.05, 4.69) is 11.1 Å². The molecule has 15 heavy (non-hydrogen) atoms. The second kappa shape index (κ2) is 6.70. The van der Waals surface area contributed by atoms with Crippen LogP contribution in [0.15, 0.2) is 12.2 Å². The number of carbonyl (C=O) groups is 1. The third kappa shape index (κ3) is 7.23. The van der Waals surface area contributed by atoms with Crippen molar-refractivity contribution in [2.75, 3.05) is 6.61 Å². The molecule has 0 saturated heterocycles. The van der Waals surface area contributed by atoms with Crippen LogP contribution >= 0.6 is 8.69 Å². The molecule has 0 N–H and O–H groups in total. The van der Waals surface area contributed by atoms with Gasteiger partial charge in [-0.3, -0.25) is 4.52 Å². The van der Waals surface area contributed by atoms with Gasteiger partial charge >= 0.3 is 14.7 Å². The third-order valence-corrected chi connectivity index (χ3v) is 2.07. The van der Waals surface area contributed by atoms with Crippen molar-refractivity contribution in [3.05, 3.63) is 12.2 Å². The molecule has 0 unspecified atom stereocenters. The van der Waals surface area contributed by atoms with Crippen LogP contribution in [0.3, 0.4) is 0 Å². The maximum atomic E-state index is 11.2. The van der Waals surface area contributed by atoms with Crippen LogP contribution in [-0.4, -0.2) is 18.2 Å². The van der Waals surface area contributed by atoms with Gasteiger partial charge in [-0.15, -0.1) is 0 Å².